The molecule has 0 saturated carbocycles. The number of anilines is 1. The topological polar surface area (TPSA) is 86.2 Å². The number of aryl methyl sites for hydroxylation is 1. The Kier molecular flexibility index (Phi) is 6.24. The van der Waals surface area contributed by atoms with Gasteiger partial charge in [0.25, 0.3) is 10.0 Å². The second-order valence-electron chi connectivity index (χ2n) is 7.48. The van der Waals surface area contributed by atoms with Crippen molar-refractivity contribution in [1.82, 2.24) is 0 Å². The zero-order chi connectivity index (χ0) is 23.6. The van der Waals surface area contributed by atoms with Crippen molar-refractivity contribution in [2.45, 2.75) is 18.2 Å². The molecule has 1 heterocycles. The molecular weight excluding hydrogens is 447 g/mol. The highest BCUT2D eigenvalue weighted by Crippen LogP contribution is 2.38. The fourth-order valence-corrected chi connectivity index (χ4v) is 5.00. The van der Waals surface area contributed by atoms with Crippen molar-refractivity contribution in [3.8, 4) is 5.75 Å². The maximum Gasteiger partial charge on any atom is 0.262 e. The number of nitrogens with one attached hydrogen (secondary N) is 1. The molecule has 7 nitrogen and oxygen atoms in total. The minimum absolute atomic E-state index is 0.0884. The number of sulfonamides is 1. The van der Waals surface area contributed by atoms with E-state index in [-0.39, 0.29) is 22.3 Å². The molecule has 0 fully saturated rings. The molecule has 2 aromatic carbocycles. The van der Waals surface area contributed by atoms with E-state index in [4.69, 9.17) is 14.2 Å². The summed E-state index contributed by atoms with van der Waals surface area (Å²) in [6.07, 6.45) is 5.57. The molecule has 1 unspecified atom stereocenters. The van der Waals surface area contributed by atoms with E-state index in [1.165, 1.54) is 18.2 Å². The molecule has 1 aliphatic heterocycles. The smallest absolute Gasteiger partial charge is 0.262 e. The summed E-state index contributed by atoms with van der Waals surface area (Å²) in [4.78, 5) is 4.47. The Morgan fingerprint density at radius 1 is 1.12 bits per heavy atom. The van der Waals surface area contributed by atoms with Crippen LogP contribution in [0.15, 0.2) is 87.5 Å². The summed E-state index contributed by atoms with van der Waals surface area (Å²) in [6.45, 7) is 1.68. The SMILES string of the molecule is COC1=C(OC)CC2C(=C1)N=CC=C2Oc1ccc(NS(=O)(=O)c2ccccc2C)c(F)c1. The first kappa shape index (κ1) is 22.6. The molecule has 1 atom stereocenters. The van der Waals surface area contributed by atoms with Gasteiger partial charge in [-0.1, -0.05) is 18.2 Å². The second-order valence-corrected chi connectivity index (χ2v) is 9.13. The Morgan fingerprint density at radius 3 is 2.61 bits per heavy atom. The van der Waals surface area contributed by atoms with Gasteiger partial charge in [-0.3, -0.25) is 9.71 Å². The van der Waals surface area contributed by atoms with Crippen LogP contribution in [-0.2, 0) is 19.5 Å². The predicted octanol–water partition coefficient (Wildman–Crippen LogP) is 4.69. The molecule has 172 valence electrons. The van der Waals surface area contributed by atoms with Gasteiger partial charge < -0.3 is 14.2 Å². The summed E-state index contributed by atoms with van der Waals surface area (Å²) in [5, 5.41) is 0. The van der Waals surface area contributed by atoms with Crippen molar-refractivity contribution < 1.29 is 27.0 Å². The van der Waals surface area contributed by atoms with E-state index in [9.17, 15) is 12.8 Å². The molecular formula is C24H23FN2O5S. The lowest BCUT2D eigenvalue weighted by atomic mass is 9.91. The van der Waals surface area contributed by atoms with Gasteiger partial charge in [0.15, 0.2) is 11.6 Å². The van der Waals surface area contributed by atoms with Crippen LogP contribution in [0.4, 0.5) is 10.1 Å². The highest BCUT2D eigenvalue weighted by molar-refractivity contribution is 7.92. The lowest BCUT2D eigenvalue weighted by molar-refractivity contribution is 0.204. The molecule has 0 amide bonds. The van der Waals surface area contributed by atoms with Crippen molar-refractivity contribution in [3.63, 3.8) is 0 Å². The van der Waals surface area contributed by atoms with Gasteiger partial charge in [-0.15, -0.1) is 0 Å². The van der Waals surface area contributed by atoms with E-state index in [0.717, 1.165) is 11.8 Å². The van der Waals surface area contributed by atoms with E-state index in [1.54, 1.807) is 57.7 Å². The Hall–Kier alpha value is -3.59. The Balaban J connectivity index is 1.53. The Labute approximate surface area is 191 Å². The van der Waals surface area contributed by atoms with Gasteiger partial charge in [0, 0.05) is 24.8 Å². The van der Waals surface area contributed by atoms with Crippen LogP contribution in [0.1, 0.15) is 12.0 Å². The molecule has 9 heteroatoms. The van der Waals surface area contributed by atoms with Crippen molar-refractivity contribution in [1.29, 1.82) is 0 Å². The number of benzene rings is 2. The maximum atomic E-state index is 14.8. The summed E-state index contributed by atoms with van der Waals surface area (Å²) < 4.78 is 59.2. The molecule has 1 N–H and O–H groups in total. The first-order valence-corrected chi connectivity index (χ1v) is 11.6. The van der Waals surface area contributed by atoms with Gasteiger partial charge in [-0.25, -0.2) is 12.8 Å². The van der Waals surface area contributed by atoms with Gasteiger partial charge in [0.1, 0.15) is 17.3 Å². The van der Waals surface area contributed by atoms with Gasteiger partial charge in [-0.2, -0.15) is 0 Å². The van der Waals surface area contributed by atoms with E-state index < -0.39 is 15.8 Å². The number of hydrogen-bond acceptors (Lipinski definition) is 6. The van der Waals surface area contributed by atoms with Crippen LogP contribution in [0.2, 0.25) is 0 Å². The average molecular weight is 471 g/mol. The van der Waals surface area contributed by atoms with E-state index >= 15 is 0 Å². The molecule has 2 aliphatic rings. The maximum absolute atomic E-state index is 14.8. The van der Waals surface area contributed by atoms with Crippen molar-refractivity contribution in [2.24, 2.45) is 10.9 Å². The summed E-state index contributed by atoms with van der Waals surface area (Å²) >= 11 is 0. The van der Waals surface area contributed by atoms with Crippen molar-refractivity contribution in [2.75, 3.05) is 18.9 Å². The number of methoxy groups -OCH3 is 2. The predicted molar refractivity (Wildman–Crippen MR) is 123 cm³/mol. The third-order valence-corrected chi connectivity index (χ3v) is 6.90. The largest absolute Gasteiger partial charge is 0.497 e. The molecule has 0 aromatic heterocycles. The minimum Gasteiger partial charge on any atom is -0.497 e. The average Bonchev–Trinajstić information content (AvgIpc) is 2.80. The number of hydrogen-bond donors (Lipinski definition) is 1. The van der Waals surface area contributed by atoms with E-state index in [2.05, 4.69) is 9.71 Å². The van der Waals surface area contributed by atoms with E-state index in [1.807, 2.05) is 0 Å². The van der Waals surface area contributed by atoms with Gasteiger partial charge in [0.05, 0.1) is 36.4 Å². The fraction of sp³-hybridized carbons (Fsp3) is 0.208. The number of allylic oxidation sites excluding steroid dienone is 3. The summed E-state index contributed by atoms with van der Waals surface area (Å²) in [7, 11) is -0.813. The number of nitrogens with zero attached hydrogens (tertiary/aromatic N) is 1. The molecule has 33 heavy (non-hydrogen) atoms. The van der Waals surface area contributed by atoms with E-state index in [0.29, 0.717) is 29.3 Å². The highest BCUT2D eigenvalue weighted by Gasteiger charge is 2.31. The number of fused-ring (bicyclic) bond motifs is 1. The standard InChI is InChI=1S/C24H23FN2O5S/c1-15-6-4-5-7-24(15)33(28,29)27-19-9-8-16(12-18(19)25)32-21-10-11-26-20-14-23(31-3)22(30-2)13-17(20)21/h4-12,14,17,27H,13H2,1-3H3. The molecule has 0 radical (unpaired) electrons. The monoisotopic (exact) mass is 470 g/mol. The highest BCUT2D eigenvalue weighted by atomic mass is 32.2. The zero-order valence-corrected chi connectivity index (χ0v) is 19.1. The lowest BCUT2D eigenvalue weighted by Crippen LogP contribution is -2.20. The lowest BCUT2D eigenvalue weighted by Gasteiger charge is -2.28. The molecule has 0 saturated heterocycles. The quantitative estimate of drug-likeness (QED) is 0.635. The van der Waals surface area contributed by atoms with Gasteiger partial charge in [0.2, 0.25) is 0 Å². The van der Waals surface area contributed by atoms with Crippen molar-refractivity contribution in [3.05, 3.63) is 89.0 Å². The minimum atomic E-state index is -3.94. The number of rotatable bonds is 7. The number of ether oxygens (including phenoxy) is 3. The number of dihydropyridines is 1. The first-order chi connectivity index (χ1) is 15.8. The van der Waals surface area contributed by atoms with Crippen LogP contribution in [0, 0.1) is 18.7 Å². The molecule has 0 spiro atoms. The third kappa shape index (κ3) is 4.63. The fourth-order valence-electron chi connectivity index (χ4n) is 3.69. The molecule has 0 bridgehead atoms. The summed E-state index contributed by atoms with van der Waals surface area (Å²) in [6, 6.07) is 10.5. The van der Waals surface area contributed by atoms with Crippen LogP contribution in [-0.4, -0.2) is 28.9 Å². The number of halogens is 1. The normalized spacial score (nSPS) is 17.6. The molecule has 4 rings (SSSR count). The van der Waals surface area contributed by atoms with Crippen molar-refractivity contribution >= 4 is 21.9 Å². The molecule has 1 aliphatic carbocycles. The van der Waals surface area contributed by atoms with Gasteiger partial charge >= 0.3 is 0 Å². The van der Waals surface area contributed by atoms with Crippen LogP contribution < -0.4 is 9.46 Å². The second kappa shape index (κ2) is 9.11. The Bertz CT molecular complexity index is 1310. The van der Waals surface area contributed by atoms with Crippen LogP contribution in [0.3, 0.4) is 0 Å². The summed E-state index contributed by atoms with van der Waals surface area (Å²) in [5.74, 6) is 1.07. The summed E-state index contributed by atoms with van der Waals surface area (Å²) in [5.41, 5.74) is 1.14. The first-order valence-electron chi connectivity index (χ1n) is 10.1. The zero-order valence-electron chi connectivity index (χ0n) is 18.3. The Morgan fingerprint density at radius 2 is 1.91 bits per heavy atom. The van der Waals surface area contributed by atoms with Gasteiger partial charge in [-0.05, 0) is 36.8 Å². The number of aliphatic imine (C=N–C) groups is 1. The van der Waals surface area contributed by atoms with Crippen LogP contribution >= 0.6 is 0 Å². The third-order valence-electron chi connectivity index (χ3n) is 5.38. The molecule has 2 aromatic rings. The van der Waals surface area contributed by atoms with Crippen LogP contribution in [0.25, 0.3) is 0 Å². The van der Waals surface area contributed by atoms with Crippen LogP contribution in [0.5, 0.6) is 5.75 Å².